The zero-order valence-electron chi connectivity index (χ0n) is 12.1. The molecule has 1 aromatic carbocycles. The molecule has 0 unspecified atom stereocenters. The molecule has 0 bridgehead atoms. The van der Waals surface area contributed by atoms with Gasteiger partial charge < -0.3 is 14.4 Å². The molecule has 116 valence electrons. The minimum Gasteiger partial charge on any atom is -0.490 e. The SMILES string of the molecule is COc1c(C(=O)O)c(-c2cc(F)cc(F)c2)c(C)n(C)c1=O. The number of aromatic nitrogens is 1. The molecule has 0 spiro atoms. The minimum absolute atomic E-state index is 0.0151. The van der Waals surface area contributed by atoms with E-state index < -0.39 is 28.7 Å². The smallest absolute Gasteiger partial charge is 0.340 e. The number of pyridine rings is 1. The molecule has 0 fully saturated rings. The topological polar surface area (TPSA) is 68.5 Å². The van der Waals surface area contributed by atoms with E-state index in [0.29, 0.717) is 6.07 Å². The molecule has 2 rings (SSSR count). The summed E-state index contributed by atoms with van der Waals surface area (Å²) in [5.74, 6) is -3.50. The number of carboxylic acids is 1. The Morgan fingerprint density at radius 2 is 1.77 bits per heavy atom. The van der Waals surface area contributed by atoms with E-state index in [-0.39, 0.29) is 22.6 Å². The van der Waals surface area contributed by atoms with Crippen molar-refractivity contribution >= 4 is 5.97 Å². The average Bonchev–Trinajstić information content (AvgIpc) is 2.43. The van der Waals surface area contributed by atoms with Crippen molar-refractivity contribution in [1.29, 1.82) is 0 Å². The number of halogens is 2. The number of benzene rings is 1. The van der Waals surface area contributed by atoms with E-state index in [0.717, 1.165) is 19.2 Å². The molecule has 0 atom stereocenters. The third kappa shape index (κ3) is 2.45. The number of aromatic carboxylic acids is 1. The second-order valence-electron chi connectivity index (χ2n) is 4.70. The molecule has 7 heteroatoms. The van der Waals surface area contributed by atoms with Gasteiger partial charge in [-0.25, -0.2) is 13.6 Å². The third-order valence-corrected chi connectivity index (χ3v) is 3.41. The van der Waals surface area contributed by atoms with Crippen molar-refractivity contribution < 1.29 is 23.4 Å². The first kappa shape index (κ1) is 15.7. The molecule has 2 aromatic rings. The summed E-state index contributed by atoms with van der Waals surface area (Å²) >= 11 is 0. The van der Waals surface area contributed by atoms with Crippen LogP contribution < -0.4 is 10.3 Å². The summed E-state index contributed by atoms with van der Waals surface area (Å²) in [6, 6.07) is 2.68. The van der Waals surface area contributed by atoms with Crippen LogP contribution in [0.5, 0.6) is 5.75 Å². The first-order chi connectivity index (χ1) is 10.3. The minimum atomic E-state index is -1.42. The van der Waals surface area contributed by atoms with Gasteiger partial charge in [0.15, 0.2) is 5.75 Å². The number of hydrogen-bond acceptors (Lipinski definition) is 3. The van der Waals surface area contributed by atoms with Gasteiger partial charge in [-0.05, 0) is 24.6 Å². The second kappa shape index (κ2) is 5.59. The van der Waals surface area contributed by atoms with Gasteiger partial charge >= 0.3 is 5.97 Å². The van der Waals surface area contributed by atoms with Gasteiger partial charge in [0.1, 0.15) is 17.2 Å². The highest BCUT2D eigenvalue weighted by atomic mass is 19.1. The van der Waals surface area contributed by atoms with Gasteiger partial charge in [-0.2, -0.15) is 0 Å². The Bertz CT molecular complexity index is 807. The molecule has 0 aliphatic carbocycles. The van der Waals surface area contributed by atoms with Gasteiger partial charge in [0.25, 0.3) is 5.56 Å². The summed E-state index contributed by atoms with van der Waals surface area (Å²) in [4.78, 5) is 23.6. The van der Waals surface area contributed by atoms with E-state index in [1.54, 1.807) is 0 Å². The molecule has 0 amide bonds. The van der Waals surface area contributed by atoms with Gasteiger partial charge in [0.05, 0.1) is 7.11 Å². The summed E-state index contributed by atoms with van der Waals surface area (Å²) in [7, 11) is 2.58. The molecule has 5 nitrogen and oxygen atoms in total. The third-order valence-electron chi connectivity index (χ3n) is 3.41. The molecule has 1 N–H and O–H groups in total. The van der Waals surface area contributed by atoms with Crippen LogP contribution in [-0.2, 0) is 7.05 Å². The van der Waals surface area contributed by atoms with Gasteiger partial charge in [0, 0.05) is 24.4 Å². The number of carbonyl (C=O) groups is 1. The summed E-state index contributed by atoms with van der Waals surface area (Å²) in [5, 5.41) is 9.40. The maximum absolute atomic E-state index is 13.5. The van der Waals surface area contributed by atoms with E-state index in [4.69, 9.17) is 4.74 Å². The van der Waals surface area contributed by atoms with E-state index in [1.807, 2.05) is 0 Å². The summed E-state index contributed by atoms with van der Waals surface area (Å²) in [5.41, 5.74) is -0.759. The van der Waals surface area contributed by atoms with Crippen molar-refractivity contribution in [3.05, 3.63) is 51.4 Å². The first-order valence-corrected chi connectivity index (χ1v) is 6.25. The van der Waals surface area contributed by atoms with Gasteiger partial charge in [-0.3, -0.25) is 4.79 Å². The van der Waals surface area contributed by atoms with Crippen LogP contribution in [0, 0.1) is 18.6 Å². The Balaban J connectivity index is 2.99. The van der Waals surface area contributed by atoms with Crippen molar-refractivity contribution in [2.75, 3.05) is 7.11 Å². The van der Waals surface area contributed by atoms with Crippen LogP contribution in [0.1, 0.15) is 16.1 Å². The zero-order valence-corrected chi connectivity index (χ0v) is 12.1. The van der Waals surface area contributed by atoms with Crippen molar-refractivity contribution in [2.45, 2.75) is 6.92 Å². The molecule has 1 aromatic heterocycles. The van der Waals surface area contributed by atoms with Gasteiger partial charge in [-0.1, -0.05) is 0 Å². The Labute approximate surface area is 124 Å². The van der Waals surface area contributed by atoms with Gasteiger partial charge in [-0.15, -0.1) is 0 Å². The average molecular weight is 309 g/mol. The van der Waals surface area contributed by atoms with Crippen molar-refractivity contribution in [2.24, 2.45) is 7.05 Å². The molecule has 0 saturated heterocycles. The lowest BCUT2D eigenvalue weighted by Gasteiger charge is -2.17. The van der Waals surface area contributed by atoms with E-state index in [9.17, 15) is 23.5 Å². The Kier molecular flexibility index (Phi) is 3.99. The number of methoxy groups -OCH3 is 1. The van der Waals surface area contributed by atoms with Crippen LogP contribution in [0.4, 0.5) is 8.78 Å². The fraction of sp³-hybridized carbons (Fsp3) is 0.200. The van der Waals surface area contributed by atoms with Crippen LogP contribution in [0.3, 0.4) is 0 Å². The maximum Gasteiger partial charge on any atom is 0.340 e. The molecular formula is C15H13F2NO4. The molecule has 0 radical (unpaired) electrons. The number of rotatable bonds is 3. The lowest BCUT2D eigenvalue weighted by Crippen LogP contribution is -2.25. The standard InChI is InChI=1S/C15H13F2NO4/c1-7-11(8-4-9(16)6-10(17)5-8)12(15(20)21)13(22-3)14(19)18(7)2/h4-6H,1-3H3,(H,20,21). The Morgan fingerprint density at radius 3 is 2.23 bits per heavy atom. The lowest BCUT2D eigenvalue weighted by molar-refractivity contribution is 0.0693. The lowest BCUT2D eigenvalue weighted by atomic mass is 9.97. The highest BCUT2D eigenvalue weighted by Gasteiger charge is 2.25. The van der Waals surface area contributed by atoms with Crippen LogP contribution >= 0.6 is 0 Å². The van der Waals surface area contributed by atoms with E-state index in [2.05, 4.69) is 0 Å². The fourth-order valence-electron chi connectivity index (χ4n) is 2.32. The maximum atomic E-state index is 13.5. The van der Waals surface area contributed by atoms with Gasteiger partial charge in [0.2, 0.25) is 0 Å². The number of carboxylic acid groups (broad SMARTS) is 1. The van der Waals surface area contributed by atoms with Crippen molar-refractivity contribution in [3.8, 4) is 16.9 Å². The summed E-state index contributed by atoms with van der Waals surface area (Å²) < 4.78 is 33.0. The van der Waals surface area contributed by atoms with Crippen molar-refractivity contribution in [3.63, 3.8) is 0 Å². The monoisotopic (exact) mass is 309 g/mol. The van der Waals surface area contributed by atoms with Crippen LogP contribution in [0.15, 0.2) is 23.0 Å². The fourth-order valence-corrected chi connectivity index (χ4v) is 2.32. The van der Waals surface area contributed by atoms with E-state index >= 15 is 0 Å². The van der Waals surface area contributed by atoms with Crippen LogP contribution in [0.25, 0.3) is 11.1 Å². The van der Waals surface area contributed by atoms with Crippen molar-refractivity contribution in [1.82, 2.24) is 4.57 Å². The molecule has 0 saturated carbocycles. The molecule has 0 aliphatic rings. The number of nitrogens with zero attached hydrogens (tertiary/aromatic N) is 1. The number of ether oxygens (including phenoxy) is 1. The largest absolute Gasteiger partial charge is 0.490 e. The Hall–Kier alpha value is -2.70. The number of hydrogen-bond donors (Lipinski definition) is 1. The predicted molar refractivity (Wildman–Crippen MR) is 75.3 cm³/mol. The van der Waals surface area contributed by atoms with E-state index in [1.165, 1.54) is 18.5 Å². The second-order valence-corrected chi connectivity index (χ2v) is 4.70. The first-order valence-electron chi connectivity index (χ1n) is 6.25. The highest BCUT2D eigenvalue weighted by molar-refractivity contribution is 5.99. The van der Waals surface area contributed by atoms with Crippen LogP contribution in [0.2, 0.25) is 0 Å². The zero-order chi connectivity index (χ0) is 16.6. The molecule has 0 aliphatic heterocycles. The summed E-state index contributed by atoms with van der Waals surface area (Å²) in [6.07, 6.45) is 0. The molecular weight excluding hydrogens is 296 g/mol. The summed E-state index contributed by atoms with van der Waals surface area (Å²) in [6.45, 7) is 1.49. The predicted octanol–water partition coefficient (Wildman–Crippen LogP) is 2.35. The Morgan fingerprint density at radius 1 is 1.23 bits per heavy atom. The van der Waals surface area contributed by atoms with Crippen LogP contribution in [-0.4, -0.2) is 22.8 Å². The molecule has 1 heterocycles. The normalized spacial score (nSPS) is 10.6. The highest BCUT2D eigenvalue weighted by Crippen LogP contribution is 2.32. The molecule has 22 heavy (non-hydrogen) atoms. The quantitative estimate of drug-likeness (QED) is 0.945.